The summed E-state index contributed by atoms with van der Waals surface area (Å²) < 4.78 is 5.64. The Kier molecular flexibility index (Phi) is 8.16. The molecule has 2 aromatic carbocycles. The van der Waals surface area contributed by atoms with E-state index < -0.39 is 17.0 Å². The van der Waals surface area contributed by atoms with Crippen LogP contribution in [-0.4, -0.2) is 64.7 Å². The van der Waals surface area contributed by atoms with Crippen LogP contribution >= 0.6 is 0 Å². The third-order valence-electron chi connectivity index (χ3n) is 10.7. The van der Waals surface area contributed by atoms with Crippen molar-refractivity contribution in [2.24, 2.45) is 16.7 Å². The van der Waals surface area contributed by atoms with Crippen molar-refractivity contribution in [3.05, 3.63) is 71.3 Å². The fourth-order valence-corrected chi connectivity index (χ4v) is 8.58. The summed E-state index contributed by atoms with van der Waals surface area (Å²) in [4.78, 5) is 42.8. The number of likely N-dealkylation sites (tertiary alicyclic amines) is 2. The van der Waals surface area contributed by atoms with E-state index in [9.17, 15) is 19.5 Å². The molecule has 1 saturated carbocycles. The molecule has 2 heterocycles. The lowest BCUT2D eigenvalue weighted by Crippen LogP contribution is -2.61. The zero-order chi connectivity index (χ0) is 31.2. The topological polar surface area (TPSA) is 87.2 Å². The van der Waals surface area contributed by atoms with Crippen LogP contribution in [0.5, 0.6) is 0 Å². The quantitative estimate of drug-likeness (QED) is 0.411. The first kappa shape index (κ1) is 31.1. The van der Waals surface area contributed by atoms with Gasteiger partial charge in [0.2, 0.25) is 5.91 Å². The number of carbonyl (C=O) groups is 3. The lowest BCUT2D eigenvalue weighted by Gasteiger charge is -2.59. The molecular formula is C36H48N2O5. The van der Waals surface area contributed by atoms with Crippen molar-refractivity contribution in [2.45, 2.75) is 90.6 Å². The summed E-state index contributed by atoms with van der Waals surface area (Å²) in [5, 5.41) is 9.35. The molecule has 3 aliphatic rings. The second-order valence-corrected chi connectivity index (χ2v) is 15.0. The second kappa shape index (κ2) is 11.3. The van der Waals surface area contributed by atoms with E-state index in [2.05, 4.69) is 37.8 Å². The molecule has 1 aliphatic carbocycles. The third kappa shape index (κ3) is 5.92. The lowest BCUT2D eigenvalue weighted by atomic mass is 9.49. The first-order valence-electron chi connectivity index (χ1n) is 15.8. The van der Waals surface area contributed by atoms with Crippen LogP contribution in [0.15, 0.2) is 54.6 Å². The number of fused-ring (bicyclic) bond motifs is 1. The van der Waals surface area contributed by atoms with Gasteiger partial charge in [-0.15, -0.1) is 0 Å². The van der Waals surface area contributed by atoms with Gasteiger partial charge in [-0.05, 0) is 98.8 Å². The van der Waals surface area contributed by atoms with Crippen LogP contribution in [0.3, 0.4) is 0 Å². The van der Waals surface area contributed by atoms with E-state index >= 15 is 0 Å². The number of rotatable bonds is 4. The van der Waals surface area contributed by atoms with Gasteiger partial charge in [-0.25, -0.2) is 9.59 Å². The van der Waals surface area contributed by atoms with Crippen LogP contribution in [-0.2, 0) is 14.9 Å². The molecule has 2 amide bonds. The van der Waals surface area contributed by atoms with E-state index in [0.717, 1.165) is 37.9 Å². The Balaban J connectivity index is 1.35. The fraction of sp³-hybridized carbons (Fsp3) is 0.583. The highest BCUT2D eigenvalue weighted by molar-refractivity contribution is 5.89. The maximum absolute atomic E-state index is 14.7. The maximum atomic E-state index is 14.7. The predicted octanol–water partition coefficient (Wildman–Crippen LogP) is 7.11. The van der Waals surface area contributed by atoms with Crippen molar-refractivity contribution < 1.29 is 24.2 Å². The van der Waals surface area contributed by atoms with E-state index in [4.69, 9.17) is 4.74 Å². The summed E-state index contributed by atoms with van der Waals surface area (Å²) in [6.07, 6.45) is 3.79. The highest BCUT2D eigenvalue weighted by Gasteiger charge is 2.56. The lowest BCUT2D eigenvalue weighted by molar-refractivity contribution is -0.150. The molecule has 1 N–H and O–H groups in total. The molecule has 7 nitrogen and oxygen atoms in total. The highest BCUT2D eigenvalue weighted by atomic mass is 16.6. The number of hydrogen-bond acceptors (Lipinski definition) is 4. The first-order valence-corrected chi connectivity index (χ1v) is 15.8. The fourth-order valence-electron chi connectivity index (χ4n) is 8.58. The molecule has 1 unspecified atom stereocenters. The summed E-state index contributed by atoms with van der Waals surface area (Å²) in [6.45, 7) is 15.1. The number of hydrogen-bond donors (Lipinski definition) is 1. The van der Waals surface area contributed by atoms with E-state index in [1.54, 1.807) is 17.0 Å². The number of carboxylic acid groups (broad SMARTS) is 1. The SMILES string of the molecule is CC(C)(C)OC(=O)N1CCC(C(=O)N2CCC3C(C)(C)[C@@H](c4ccc(C(=O)O)cc4)CC[C@]3(C)C2)(c2ccccc2)CC1. The molecule has 7 heteroatoms. The van der Waals surface area contributed by atoms with Crippen LogP contribution in [0.4, 0.5) is 4.79 Å². The Hall–Kier alpha value is -3.35. The molecule has 2 aromatic rings. The van der Waals surface area contributed by atoms with Gasteiger partial charge in [-0.2, -0.15) is 0 Å². The van der Waals surface area contributed by atoms with Gasteiger partial charge in [0.15, 0.2) is 0 Å². The number of carbonyl (C=O) groups excluding carboxylic acids is 2. The van der Waals surface area contributed by atoms with Crippen LogP contribution in [0.2, 0.25) is 0 Å². The van der Waals surface area contributed by atoms with Crippen LogP contribution < -0.4 is 0 Å². The molecule has 43 heavy (non-hydrogen) atoms. The van der Waals surface area contributed by atoms with E-state index in [1.165, 1.54) is 5.56 Å². The minimum Gasteiger partial charge on any atom is -0.478 e. The molecule has 3 atom stereocenters. The Morgan fingerprint density at radius 2 is 1.47 bits per heavy atom. The molecule has 3 fully saturated rings. The van der Waals surface area contributed by atoms with E-state index in [-0.39, 0.29) is 22.8 Å². The summed E-state index contributed by atoms with van der Waals surface area (Å²) in [5.41, 5.74) is 1.32. The Labute approximate surface area is 256 Å². The smallest absolute Gasteiger partial charge is 0.410 e. The Morgan fingerprint density at radius 3 is 2.05 bits per heavy atom. The standard InChI is InChI=1S/C36H48N2O5/c1-33(2,3)43-32(42)37-22-19-36(20-23-37,27-10-8-7-9-11-27)31(41)38-21-17-29-34(4,5)28(16-18-35(29,6)24-38)25-12-14-26(15-13-25)30(39)40/h7-15,28-29H,16-24H2,1-6H3,(H,39,40)/t28-,29?,35-/m1/s1. The van der Waals surface area contributed by atoms with Gasteiger partial charge in [0.25, 0.3) is 0 Å². The van der Waals surface area contributed by atoms with Gasteiger partial charge in [-0.3, -0.25) is 4.79 Å². The normalized spacial score (nSPS) is 26.7. The van der Waals surface area contributed by atoms with Crippen LogP contribution in [0, 0.1) is 16.7 Å². The van der Waals surface area contributed by atoms with Crippen molar-refractivity contribution >= 4 is 18.0 Å². The minimum absolute atomic E-state index is 0.00273. The van der Waals surface area contributed by atoms with Gasteiger partial charge in [0.05, 0.1) is 11.0 Å². The number of amides is 2. The maximum Gasteiger partial charge on any atom is 0.410 e. The van der Waals surface area contributed by atoms with Crippen LogP contribution in [0.1, 0.15) is 101 Å². The number of nitrogens with zero attached hydrogens (tertiary/aromatic N) is 2. The number of piperidine rings is 2. The van der Waals surface area contributed by atoms with Gasteiger partial charge >= 0.3 is 12.1 Å². The summed E-state index contributed by atoms with van der Waals surface area (Å²) >= 11 is 0. The van der Waals surface area contributed by atoms with Gasteiger partial charge in [0, 0.05) is 26.2 Å². The molecule has 0 aromatic heterocycles. The predicted molar refractivity (Wildman–Crippen MR) is 167 cm³/mol. The largest absolute Gasteiger partial charge is 0.478 e. The average molecular weight is 589 g/mol. The summed E-state index contributed by atoms with van der Waals surface area (Å²) in [7, 11) is 0. The summed E-state index contributed by atoms with van der Waals surface area (Å²) in [6, 6.07) is 17.6. The molecule has 2 saturated heterocycles. The molecule has 5 rings (SSSR count). The van der Waals surface area contributed by atoms with Crippen LogP contribution in [0.25, 0.3) is 0 Å². The van der Waals surface area contributed by atoms with Crippen molar-refractivity contribution in [3.63, 3.8) is 0 Å². The van der Waals surface area contributed by atoms with Gasteiger partial charge in [-0.1, -0.05) is 63.2 Å². The number of benzene rings is 2. The van der Waals surface area contributed by atoms with E-state index in [1.807, 2.05) is 51.1 Å². The first-order chi connectivity index (χ1) is 20.2. The molecule has 232 valence electrons. The monoisotopic (exact) mass is 588 g/mol. The molecule has 0 bridgehead atoms. The van der Waals surface area contributed by atoms with Crippen molar-refractivity contribution in [1.29, 1.82) is 0 Å². The second-order valence-electron chi connectivity index (χ2n) is 15.0. The van der Waals surface area contributed by atoms with Gasteiger partial charge < -0.3 is 19.6 Å². The number of aromatic carboxylic acids is 1. The summed E-state index contributed by atoms with van der Waals surface area (Å²) in [5.74, 6) is 0.0569. The Morgan fingerprint density at radius 1 is 0.837 bits per heavy atom. The molecular weight excluding hydrogens is 540 g/mol. The average Bonchev–Trinajstić information content (AvgIpc) is 2.96. The number of ether oxygens (including phenoxy) is 1. The number of carboxylic acids is 1. The minimum atomic E-state index is -0.900. The highest BCUT2D eigenvalue weighted by Crippen LogP contribution is 2.60. The molecule has 0 spiro atoms. The zero-order valence-corrected chi connectivity index (χ0v) is 26.7. The van der Waals surface area contributed by atoms with Crippen molar-refractivity contribution in [2.75, 3.05) is 26.2 Å². The van der Waals surface area contributed by atoms with Crippen molar-refractivity contribution in [1.82, 2.24) is 9.80 Å². The third-order valence-corrected chi connectivity index (χ3v) is 10.7. The molecule has 0 radical (unpaired) electrons. The van der Waals surface area contributed by atoms with Crippen molar-refractivity contribution in [3.8, 4) is 0 Å². The Bertz CT molecular complexity index is 1340. The van der Waals surface area contributed by atoms with E-state index in [0.29, 0.717) is 43.3 Å². The van der Waals surface area contributed by atoms with Gasteiger partial charge in [0.1, 0.15) is 5.60 Å². The zero-order valence-electron chi connectivity index (χ0n) is 26.7. The molecule has 2 aliphatic heterocycles.